The second-order valence-corrected chi connectivity index (χ2v) is 45.7. The van der Waals surface area contributed by atoms with Gasteiger partial charge in [0.05, 0.1) is 69.8 Å². The van der Waals surface area contributed by atoms with Crippen LogP contribution < -0.4 is 0 Å². The van der Waals surface area contributed by atoms with Crippen LogP contribution in [0.5, 0.6) is 0 Å². The summed E-state index contributed by atoms with van der Waals surface area (Å²) in [5.74, 6) is 16.4. The molecule has 0 aromatic heterocycles. The van der Waals surface area contributed by atoms with Crippen molar-refractivity contribution in [2.75, 3.05) is 13.7 Å². The number of nitriles is 1. The molecule has 30 aliphatic rings. The van der Waals surface area contributed by atoms with E-state index >= 15 is 0 Å². The fourth-order valence-electron chi connectivity index (χ4n) is 32.9. The number of fused-ring (bicyclic) bond motifs is 2. The second kappa shape index (κ2) is 26.8. The molecule has 0 aromatic rings. The van der Waals surface area contributed by atoms with Crippen LogP contribution in [0.4, 0.5) is 0 Å². The summed E-state index contributed by atoms with van der Waals surface area (Å²) in [6.45, 7) is 25.7. The predicted molar refractivity (Wildman–Crippen MR) is 413 cm³/mol. The van der Waals surface area contributed by atoms with Crippen LogP contribution in [0.3, 0.4) is 0 Å². The molecule has 5 N–H and O–H groups in total. The summed E-state index contributed by atoms with van der Waals surface area (Å²) in [5.41, 5.74) is -4.15. The molecule has 0 spiro atoms. The van der Waals surface area contributed by atoms with Gasteiger partial charge >= 0.3 is 29.8 Å². The van der Waals surface area contributed by atoms with Gasteiger partial charge < -0.3 is 49.2 Å². The minimum absolute atomic E-state index is 0.000451. The van der Waals surface area contributed by atoms with Crippen molar-refractivity contribution in [1.82, 2.24) is 0 Å². The van der Waals surface area contributed by atoms with Crippen molar-refractivity contribution in [1.29, 1.82) is 5.26 Å². The van der Waals surface area contributed by atoms with Gasteiger partial charge in [0, 0.05) is 29.6 Å². The summed E-state index contributed by atoms with van der Waals surface area (Å²) in [7, 11) is 1.33. The molecule has 16 nitrogen and oxygen atoms in total. The second-order valence-electron chi connectivity index (χ2n) is 45.7. The highest BCUT2D eigenvalue weighted by Crippen LogP contribution is 2.79. The lowest BCUT2D eigenvalue weighted by Gasteiger charge is -2.75. The van der Waals surface area contributed by atoms with E-state index in [0.29, 0.717) is 154 Å². The maximum atomic E-state index is 12.9. The molecule has 34 bridgehead atoms. The number of rotatable bonds is 15. The van der Waals surface area contributed by atoms with E-state index in [1.54, 1.807) is 6.92 Å². The van der Waals surface area contributed by atoms with Gasteiger partial charge in [0.2, 0.25) is 0 Å². The monoisotopic (exact) mass is 1530 g/mol. The van der Waals surface area contributed by atoms with E-state index in [-0.39, 0.29) is 86.8 Å². The molecule has 30 fully saturated rings. The summed E-state index contributed by atoms with van der Waals surface area (Å²) < 4.78 is 29.8. The molecule has 30 aliphatic carbocycles. The number of ether oxygens (including phenoxy) is 5. The molecule has 0 heterocycles. The zero-order valence-corrected chi connectivity index (χ0v) is 70.0. The number of carbonyl (C=O) groups excluding carboxylic acids is 5. The summed E-state index contributed by atoms with van der Waals surface area (Å²) in [4.78, 5) is 61.8. The average Bonchev–Trinajstić information content (AvgIpc) is 0.726. The van der Waals surface area contributed by atoms with Gasteiger partial charge in [-0.25, -0.2) is 0 Å². The Morgan fingerprint density at radius 2 is 0.718 bits per heavy atom. The first-order valence-electron chi connectivity index (χ1n) is 45.7. The summed E-state index contributed by atoms with van der Waals surface area (Å²) in [6, 6.07) is 2.40. The standard InChI is InChI=1S/3C20H30O3.C19H28O3.C8H11N.C7H14O3/c1-4-18(2,3)17(21)23-20-10-12-5-13-15(20)7-11-8-16(20)14(6-12)19(13,22)9-11;2*1-4-18(2,3)17(21)23-20-8-14-11-5-19(22)6-12(14)16(10-20)13(7-19)15(11)9-20;1-3-10(2)17(20)22-19-9-12-4-13-15(19)6-11-7-16(19)14(5-12)18(13,21)8-11;9-5-8-4-6-1-2-7(8)3-6;1-4-7(2,5-8)6(9)10-3/h3*11-16,22H,4-10H2,1-3H3;10-16,21H,3-9H2,1-2H3;6-8H,1-4H2;8H,4-5H2,1-3H3. The van der Waals surface area contributed by atoms with Gasteiger partial charge in [0.25, 0.3) is 0 Å². The number of aliphatic hydroxyl groups is 5. The maximum Gasteiger partial charge on any atom is 0.313 e. The molecular formula is C94H143NO15. The molecule has 0 aliphatic heterocycles. The summed E-state index contributed by atoms with van der Waals surface area (Å²) in [5, 5.41) is 62.0. The van der Waals surface area contributed by atoms with Crippen molar-refractivity contribution in [2.45, 2.75) is 347 Å². The highest BCUT2D eigenvalue weighted by molar-refractivity contribution is 5.78. The van der Waals surface area contributed by atoms with E-state index in [9.17, 15) is 44.4 Å². The molecule has 16 heteroatoms. The van der Waals surface area contributed by atoms with E-state index in [2.05, 4.69) is 38.5 Å². The number of hydrogen-bond acceptors (Lipinski definition) is 16. The normalized spacial score (nSPS) is 51.7. The molecule has 614 valence electrons. The van der Waals surface area contributed by atoms with E-state index in [1.807, 2.05) is 55.4 Å². The SMILES string of the molecule is CCC(C)(C)C(=O)OC12CC3C4CC5(O)CC3C(C1)C(C5)C4C2.CCC(C)(C)C(=O)OC12CC3C4CC5(O)CC3C(C1)C(C5)C4C2.CCC(C)(C)C(=O)OC12CC3CC4C1CC1CC2C(C3)C4(O)C1.CCC(C)(CO)C(=O)OC.CCC(C)C(=O)OC12CC3CC4C1CC1CC2C(C3)C4(O)C1.N#CC1CC2CCC1C2. The predicted octanol–water partition coefficient (Wildman–Crippen LogP) is 16.3. The van der Waals surface area contributed by atoms with E-state index in [1.165, 1.54) is 84.2 Å². The van der Waals surface area contributed by atoms with Crippen LogP contribution in [-0.4, -0.2) is 114 Å². The average molecular weight is 1530 g/mol. The van der Waals surface area contributed by atoms with Crippen LogP contribution in [0, 0.1) is 199 Å². The van der Waals surface area contributed by atoms with Crippen LogP contribution in [0.15, 0.2) is 0 Å². The van der Waals surface area contributed by atoms with Crippen molar-refractivity contribution < 1.29 is 73.2 Å². The number of hydrogen-bond donors (Lipinski definition) is 5. The first-order chi connectivity index (χ1) is 51.8. The Bertz CT molecular complexity index is 3360. The Morgan fingerprint density at radius 3 is 0.982 bits per heavy atom. The van der Waals surface area contributed by atoms with Gasteiger partial charge in [-0.05, 0) is 384 Å². The van der Waals surface area contributed by atoms with Crippen LogP contribution in [-0.2, 0) is 47.7 Å². The van der Waals surface area contributed by atoms with Gasteiger partial charge in [-0.3, -0.25) is 24.0 Å². The number of carbonyl (C=O) groups is 5. The van der Waals surface area contributed by atoms with Crippen molar-refractivity contribution in [3.05, 3.63) is 0 Å². The molecule has 30 rings (SSSR count). The van der Waals surface area contributed by atoms with E-state index < -0.39 is 22.0 Å². The quantitative estimate of drug-likeness (QED) is 0.0754. The Labute approximate surface area is 658 Å². The van der Waals surface area contributed by atoms with Gasteiger partial charge in [0.1, 0.15) is 22.4 Å². The van der Waals surface area contributed by atoms with Gasteiger partial charge in [-0.2, -0.15) is 5.26 Å². The highest BCUT2D eigenvalue weighted by Gasteiger charge is 2.80. The molecule has 13 unspecified atom stereocenters. The lowest BCUT2D eigenvalue weighted by atomic mass is 9.32. The van der Waals surface area contributed by atoms with Crippen molar-refractivity contribution >= 4 is 29.8 Å². The minimum atomic E-state index is -0.714. The lowest BCUT2D eigenvalue weighted by molar-refractivity contribution is -0.345. The third-order valence-corrected chi connectivity index (χ3v) is 39.3. The number of aliphatic hydroxyl groups excluding tert-OH is 1. The maximum absolute atomic E-state index is 12.9. The number of methoxy groups -OCH3 is 1. The number of esters is 5. The first-order valence-corrected chi connectivity index (χ1v) is 45.7. The Morgan fingerprint density at radius 1 is 0.400 bits per heavy atom. The summed E-state index contributed by atoms with van der Waals surface area (Å²) in [6.07, 6.45) is 35.5. The highest BCUT2D eigenvalue weighted by atomic mass is 16.6. The smallest absolute Gasteiger partial charge is 0.313 e. The molecule has 13 atom stereocenters. The molecule has 30 saturated carbocycles. The molecule has 0 amide bonds. The lowest BCUT2D eigenvalue weighted by Crippen LogP contribution is -2.78. The zero-order chi connectivity index (χ0) is 78.3. The van der Waals surface area contributed by atoms with Crippen molar-refractivity contribution in [2.24, 2.45) is 187 Å². The molecule has 0 saturated heterocycles. The zero-order valence-electron chi connectivity index (χ0n) is 70.0. The molecule has 0 radical (unpaired) electrons. The van der Waals surface area contributed by atoms with Crippen LogP contribution in [0.25, 0.3) is 0 Å². The van der Waals surface area contributed by atoms with Crippen LogP contribution in [0.2, 0.25) is 0 Å². The van der Waals surface area contributed by atoms with Crippen molar-refractivity contribution in [3.8, 4) is 6.07 Å². The molecular weight excluding hydrogens is 1380 g/mol. The number of nitrogens with zero attached hydrogens (tertiary/aromatic N) is 1. The van der Waals surface area contributed by atoms with Crippen LogP contribution in [0.1, 0.15) is 302 Å². The third-order valence-electron chi connectivity index (χ3n) is 39.3. The molecule has 110 heavy (non-hydrogen) atoms. The Hall–Kier alpha value is -3.36. The molecule has 0 aromatic carbocycles. The van der Waals surface area contributed by atoms with Gasteiger partial charge in [-0.15, -0.1) is 0 Å². The van der Waals surface area contributed by atoms with Gasteiger partial charge in [-0.1, -0.05) is 48.0 Å². The largest absolute Gasteiger partial charge is 0.469 e. The fourth-order valence-corrected chi connectivity index (χ4v) is 32.9. The van der Waals surface area contributed by atoms with Crippen molar-refractivity contribution in [3.63, 3.8) is 0 Å². The topological polar surface area (TPSA) is 256 Å². The minimum Gasteiger partial charge on any atom is -0.469 e. The summed E-state index contributed by atoms with van der Waals surface area (Å²) >= 11 is 0. The van der Waals surface area contributed by atoms with E-state index in [4.69, 9.17) is 29.3 Å². The van der Waals surface area contributed by atoms with Gasteiger partial charge in [0.15, 0.2) is 0 Å². The fraction of sp³-hybridized carbons (Fsp3) is 0.936. The Balaban J connectivity index is 0.0000000991. The van der Waals surface area contributed by atoms with E-state index in [0.717, 1.165) is 140 Å². The third kappa shape index (κ3) is 12.0. The Kier molecular flexibility index (Phi) is 19.3. The first kappa shape index (κ1) is 79.1. The van der Waals surface area contributed by atoms with Crippen LogP contribution >= 0.6 is 0 Å².